The third-order valence-electron chi connectivity index (χ3n) is 5.17. The van der Waals surface area contributed by atoms with E-state index < -0.39 is 0 Å². The molecule has 1 aliphatic heterocycles. The number of hydrogen-bond donors (Lipinski definition) is 2. The van der Waals surface area contributed by atoms with Crippen molar-refractivity contribution in [2.45, 2.75) is 76.9 Å². The highest BCUT2D eigenvalue weighted by atomic mass is 16.3. The molecular weight excluding hydrogens is 252 g/mol. The number of aliphatic hydroxyl groups excluding tert-OH is 1. The molecule has 1 saturated carbocycles. The van der Waals surface area contributed by atoms with Gasteiger partial charge < -0.3 is 15.3 Å². The molecule has 20 heavy (non-hydrogen) atoms. The summed E-state index contributed by atoms with van der Waals surface area (Å²) in [6.45, 7) is 4.77. The monoisotopic (exact) mass is 282 g/mol. The lowest BCUT2D eigenvalue weighted by Crippen LogP contribution is -2.50. The minimum Gasteiger partial charge on any atom is -0.395 e. The molecule has 0 spiro atoms. The van der Waals surface area contributed by atoms with E-state index in [0.29, 0.717) is 18.5 Å². The highest BCUT2D eigenvalue weighted by Gasteiger charge is 2.40. The average Bonchev–Trinajstić information content (AvgIpc) is 2.90. The Labute approximate surface area is 122 Å². The second-order valence-electron chi connectivity index (χ2n) is 6.33. The van der Waals surface area contributed by atoms with E-state index >= 15 is 0 Å². The van der Waals surface area contributed by atoms with Crippen LogP contribution in [0, 0.1) is 5.92 Å². The van der Waals surface area contributed by atoms with Crippen LogP contribution in [0.5, 0.6) is 0 Å². The molecule has 1 heterocycles. The number of amides is 1. The fourth-order valence-corrected chi connectivity index (χ4v) is 4.02. The predicted octanol–water partition coefficient (Wildman–Crippen LogP) is 1.92. The number of nitrogens with one attached hydrogen (secondary N) is 1. The maximum atomic E-state index is 12.8. The maximum absolute atomic E-state index is 12.8. The van der Waals surface area contributed by atoms with Crippen LogP contribution < -0.4 is 5.32 Å². The van der Waals surface area contributed by atoms with Crippen molar-refractivity contribution in [3.63, 3.8) is 0 Å². The summed E-state index contributed by atoms with van der Waals surface area (Å²) in [4.78, 5) is 14.7. The molecule has 116 valence electrons. The summed E-state index contributed by atoms with van der Waals surface area (Å²) in [7, 11) is 0. The van der Waals surface area contributed by atoms with E-state index in [9.17, 15) is 9.90 Å². The molecule has 4 nitrogen and oxygen atoms in total. The third kappa shape index (κ3) is 3.34. The van der Waals surface area contributed by atoms with E-state index in [0.717, 1.165) is 19.3 Å². The number of aliphatic hydroxyl groups is 1. The summed E-state index contributed by atoms with van der Waals surface area (Å²) in [6.07, 6.45) is 8.01. The van der Waals surface area contributed by atoms with Gasteiger partial charge in [-0.3, -0.25) is 4.79 Å². The summed E-state index contributed by atoms with van der Waals surface area (Å²) >= 11 is 0. The molecule has 4 heteroatoms. The summed E-state index contributed by atoms with van der Waals surface area (Å²) in [5, 5.41) is 12.8. The second kappa shape index (κ2) is 7.41. The van der Waals surface area contributed by atoms with Gasteiger partial charge in [0.1, 0.15) is 0 Å². The number of hydrogen-bond acceptors (Lipinski definition) is 3. The van der Waals surface area contributed by atoms with E-state index in [1.807, 2.05) is 4.90 Å². The summed E-state index contributed by atoms with van der Waals surface area (Å²) < 4.78 is 0. The minimum atomic E-state index is -0.0183. The second-order valence-corrected chi connectivity index (χ2v) is 6.33. The molecule has 0 aromatic heterocycles. The van der Waals surface area contributed by atoms with E-state index in [1.54, 1.807) is 0 Å². The van der Waals surface area contributed by atoms with Crippen molar-refractivity contribution in [2.24, 2.45) is 5.92 Å². The topological polar surface area (TPSA) is 52.6 Å². The van der Waals surface area contributed by atoms with Crippen LogP contribution in [0.4, 0.5) is 0 Å². The van der Waals surface area contributed by atoms with Crippen LogP contribution in [-0.4, -0.2) is 47.2 Å². The number of carbonyl (C=O) groups is 1. The molecule has 0 aromatic carbocycles. The Balaban J connectivity index is 2.00. The molecule has 2 rings (SSSR count). The predicted molar refractivity (Wildman–Crippen MR) is 80.5 cm³/mol. The number of fused-ring (bicyclic) bond motifs is 1. The fourth-order valence-electron chi connectivity index (χ4n) is 4.02. The number of rotatable bonds is 6. The first kappa shape index (κ1) is 15.8. The molecule has 0 aromatic rings. The molecule has 1 amide bonds. The molecule has 2 fully saturated rings. The third-order valence-corrected chi connectivity index (χ3v) is 5.17. The zero-order valence-corrected chi connectivity index (χ0v) is 13.0. The zero-order valence-electron chi connectivity index (χ0n) is 13.0. The van der Waals surface area contributed by atoms with E-state index in [4.69, 9.17) is 0 Å². The largest absolute Gasteiger partial charge is 0.395 e. The average molecular weight is 282 g/mol. The van der Waals surface area contributed by atoms with Crippen LogP contribution >= 0.6 is 0 Å². The van der Waals surface area contributed by atoms with Crippen molar-refractivity contribution in [3.8, 4) is 0 Å². The van der Waals surface area contributed by atoms with Crippen LogP contribution in [-0.2, 0) is 4.79 Å². The fraction of sp³-hybridized carbons (Fsp3) is 0.938. The minimum absolute atomic E-state index is 0.0183. The van der Waals surface area contributed by atoms with Crippen LogP contribution in [0.1, 0.15) is 58.8 Å². The highest BCUT2D eigenvalue weighted by molar-refractivity contribution is 5.82. The van der Waals surface area contributed by atoms with E-state index in [1.165, 1.54) is 25.7 Å². The number of nitrogens with zero attached hydrogens (tertiary/aromatic N) is 1. The molecule has 0 bridgehead atoms. The molecule has 3 unspecified atom stereocenters. The van der Waals surface area contributed by atoms with Crippen LogP contribution in [0.2, 0.25) is 0 Å². The van der Waals surface area contributed by atoms with Crippen molar-refractivity contribution in [1.82, 2.24) is 10.2 Å². The van der Waals surface area contributed by atoms with E-state index in [-0.39, 0.29) is 24.6 Å². The van der Waals surface area contributed by atoms with Gasteiger partial charge in [-0.1, -0.05) is 26.7 Å². The molecule has 1 aliphatic carbocycles. The lowest BCUT2D eigenvalue weighted by atomic mass is 9.85. The van der Waals surface area contributed by atoms with Gasteiger partial charge in [0.15, 0.2) is 0 Å². The standard InChI is InChI=1S/C16H30N2O2/c1-3-13(4-2)18(9-10-19)16(20)15-11-12-7-5-6-8-14(12)17-15/h12-15,17,19H,3-11H2,1-2H3. The molecule has 1 saturated heterocycles. The summed E-state index contributed by atoms with van der Waals surface area (Å²) in [5.41, 5.74) is 0. The Kier molecular flexibility index (Phi) is 5.85. The van der Waals surface area contributed by atoms with Crippen molar-refractivity contribution in [1.29, 1.82) is 0 Å². The molecule has 2 N–H and O–H groups in total. The van der Waals surface area contributed by atoms with Gasteiger partial charge in [0.25, 0.3) is 0 Å². The van der Waals surface area contributed by atoms with Gasteiger partial charge in [-0.25, -0.2) is 0 Å². The highest BCUT2D eigenvalue weighted by Crippen LogP contribution is 2.34. The lowest BCUT2D eigenvalue weighted by Gasteiger charge is -2.32. The quantitative estimate of drug-likeness (QED) is 0.782. The summed E-state index contributed by atoms with van der Waals surface area (Å²) in [6, 6.07) is 0.796. The van der Waals surface area contributed by atoms with Crippen LogP contribution in [0.25, 0.3) is 0 Å². The normalized spacial score (nSPS) is 29.5. The van der Waals surface area contributed by atoms with Crippen molar-refractivity contribution >= 4 is 5.91 Å². The van der Waals surface area contributed by atoms with Crippen molar-refractivity contribution < 1.29 is 9.90 Å². The van der Waals surface area contributed by atoms with E-state index in [2.05, 4.69) is 19.2 Å². The first-order valence-corrected chi connectivity index (χ1v) is 8.38. The number of carbonyl (C=O) groups excluding carboxylic acids is 1. The van der Waals surface area contributed by atoms with Gasteiger partial charge in [0.2, 0.25) is 5.91 Å². The smallest absolute Gasteiger partial charge is 0.240 e. The Morgan fingerprint density at radius 1 is 1.30 bits per heavy atom. The maximum Gasteiger partial charge on any atom is 0.240 e. The Hall–Kier alpha value is -0.610. The first-order chi connectivity index (χ1) is 9.71. The molecule has 3 atom stereocenters. The Bertz CT molecular complexity index is 304. The van der Waals surface area contributed by atoms with Gasteiger partial charge in [0, 0.05) is 18.6 Å². The molecular formula is C16H30N2O2. The van der Waals surface area contributed by atoms with Gasteiger partial charge in [-0.15, -0.1) is 0 Å². The molecule has 2 aliphatic rings. The Morgan fingerprint density at radius 2 is 2.00 bits per heavy atom. The van der Waals surface area contributed by atoms with Crippen LogP contribution in [0.15, 0.2) is 0 Å². The lowest BCUT2D eigenvalue weighted by molar-refractivity contribution is -0.136. The SMILES string of the molecule is CCC(CC)N(CCO)C(=O)C1CC2CCCCC2N1. The zero-order chi connectivity index (χ0) is 14.5. The van der Waals surface area contributed by atoms with Gasteiger partial charge in [-0.05, 0) is 38.0 Å². The first-order valence-electron chi connectivity index (χ1n) is 8.38. The van der Waals surface area contributed by atoms with Crippen LogP contribution in [0.3, 0.4) is 0 Å². The van der Waals surface area contributed by atoms with Crippen molar-refractivity contribution in [3.05, 3.63) is 0 Å². The Morgan fingerprint density at radius 3 is 2.60 bits per heavy atom. The van der Waals surface area contributed by atoms with Gasteiger partial charge in [-0.2, -0.15) is 0 Å². The van der Waals surface area contributed by atoms with Gasteiger partial charge in [0.05, 0.1) is 12.6 Å². The van der Waals surface area contributed by atoms with Gasteiger partial charge >= 0.3 is 0 Å². The summed E-state index contributed by atoms with van der Waals surface area (Å²) in [5.74, 6) is 0.900. The van der Waals surface area contributed by atoms with Crippen molar-refractivity contribution in [2.75, 3.05) is 13.2 Å². The molecule has 0 radical (unpaired) electrons.